The Morgan fingerprint density at radius 2 is 1.97 bits per heavy atom. The molecule has 0 saturated carbocycles. The highest BCUT2D eigenvalue weighted by molar-refractivity contribution is 7.99. The monoisotopic (exact) mass is 491 g/mol. The van der Waals surface area contributed by atoms with Crippen molar-refractivity contribution in [2.45, 2.75) is 5.22 Å². The lowest BCUT2D eigenvalue weighted by Crippen LogP contribution is -2.13. The zero-order valence-electron chi connectivity index (χ0n) is 16.9. The molecule has 2 aromatic heterocycles. The van der Waals surface area contributed by atoms with Gasteiger partial charge in [0.05, 0.1) is 29.3 Å². The van der Waals surface area contributed by atoms with Crippen LogP contribution in [-0.2, 0) is 14.8 Å². The van der Waals surface area contributed by atoms with Gasteiger partial charge >= 0.3 is 0 Å². The Balaban J connectivity index is 1.34. The third-order valence-corrected chi connectivity index (χ3v) is 6.37. The molecule has 0 aliphatic rings. The molecule has 13 heteroatoms. The molecule has 4 aromatic rings. The van der Waals surface area contributed by atoms with Crippen molar-refractivity contribution in [1.29, 1.82) is 0 Å². The van der Waals surface area contributed by atoms with Gasteiger partial charge in [-0.1, -0.05) is 23.1 Å². The molecule has 0 spiro atoms. The molecular formula is C19H17N5O5S3. The first-order chi connectivity index (χ1) is 15.3. The Hall–Kier alpha value is -3.16. The number of methoxy groups -OCH3 is 1. The number of fused-ring (bicyclic) bond motifs is 1. The van der Waals surface area contributed by atoms with Crippen LogP contribution in [0.15, 0.2) is 52.1 Å². The van der Waals surface area contributed by atoms with Gasteiger partial charge in [-0.3, -0.25) is 9.52 Å². The number of benzene rings is 2. The number of sulfonamides is 1. The van der Waals surface area contributed by atoms with E-state index in [-0.39, 0.29) is 22.8 Å². The number of ether oxygens (including phenoxy) is 1. The maximum Gasteiger partial charge on any atom is 0.277 e. The molecule has 0 unspecified atom stereocenters. The Bertz CT molecular complexity index is 1370. The van der Waals surface area contributed by atoms with E-state index >= 15 is 0 Å². The summed E-state index contributed by atoms with van der Waals surface area (Å²) in [4.78, 5) is 16.7. The fourth-order valence-corrected chi connectivity index (χ4v) is 4.69. The predicted octanol–water partition coefficient (Wildman–Crippen LogP) is 3.46. The van der Waals surface area contributed by atoms with Crippen LogP contribution in [0, 0.1) is 0 Å². The molecule has 1 amide bonds. The molecule has 2 N–H and O–H groups in total. The summed E-state index contributed by atoms with van der Waals surface area (Å²) < 4.78 is 36.6. The van der Waals surface area contributed by atoms with E-state index in [4.69, 9.17) is 9.15 Å². The second kappa shape index (κ2) is 9.14. The Labute approximate surface area is 191 Å². The smallest absolute Gasteiger partial charge is 0.277 e. The van der Waals surface area contributed by atoms with Gasteiger partial charge < -0.3 is 14.5 Å². The molecule has 32 heavy (non-hydrogen) atoms. The zero-order chi connectivity index (χ0) is 22.7. The van der Waals surface area contributed by atoms with Gasteiger partial charge in [0.2, 0.25) is 21.8 Å². The summed E-state index contributed by atoms with van der Waals surface area (Å²) in [7, 11) is -1.76. The Morgan fingerprint density at radius 1 is 1.19 bits per heavy atom. The van der Waals surface area contributed by atoms with Crippen molar-refractivity contribution in [1.82, 2.24) is 15.2 Å². The van der Waals surface area contributed by atoms with Crippen LogP contribution in [0.1, 0.15) is 0 Å². The van der Waals surface area contributed by atoms with Gasteiger partial charge in [0.25, 0.3) is 5.22 Å². The van der Waals surface area contributed by atoms with E-state index in [0.29, 0.717) is 16.4 Å². The van der Waals surface area contributed by atoms with Crippen LogP contribution in [0.25, 0.3) is 21.7 Å². The molecule has 10 nitrogen and oxygen atoms in total. The van der Waals surface area contributed by atoms with Crippen LogP contribution in [0.5, 0.6) is 5.75 Å². The molecular weight excluding hydrogens is 474 g/mol. The number of rotatable bonds is 8. The first-order valence-corrected chi connectivity index (χ1v) is 12.8. The number of amides is 1. The highest BCUT2D eigenvalue weighted by Gasteiger charge is 2.13. The third-order valence-electron chi connectivity index (χ3n) is 4.01. The average Bonchev–Trinajstić information content (AvgIpc) is 3.37. The molecule has 0 aliphatic heterocycles. The largest absolute Gasteiger partial charge is 0.497 e. The van der Waals surface area contributed by atoms with E-state index in [0.717, 1.165) is 34.0 Å². The van der Waals surface area contributed by atoms with E-state index in [1.54, 1.807) is 31.4 Å². The molecule has 0 saturated heterocycles. The van der Waals surface area contributed by atoms with Gasteiger partial charge in [-0.15, -0.1) is 10.2 Å². The van der Waals surface area contributed by atoms with Gasteiger partial charge in [-0.2, -0.15) is 0 Å². The lowest BCUT2D eigenvalue weighted by atomic mass is 10.2. The van der Waals surface area contributed by atoms with Gasteiger partial charge in [-0.05, 0) is 42.5 Å². The number of nitrogens with one attached hydrogen (secondary N) is 2. The van der Waals surface area contributed by atoms with Gasteiger partial charge in [0.1, 0.15) is 5.75 Å². The maximum absolute atomic E-state index is 12.3. The summed E-state index contributed by atoms with van der Waals surface area (Å²) in [5, 5.41) is 11.4. The van der Waals surface area contributed by atoms with Crippen LogP contribution in [0.3, 0.4) is 0 Å². The van der Waals surface area contributed by atoms with E-state index in [9.17, 15) is 13.2 Å². The van der Waals surface area contributed by atoms with Crippen LogP contribution in [-0.4, -0.2) is 48.6 Å². The molecule has 0 bridgehead atoms. The van der Waals surface area contributed by atoms with Crippen molar-refractivity contribution in [2.24, 2.45) is 0 Å². The van der Waals surface area contributed by atoms with E-state index in [1.165, 1.54) is 11.3 Å². The lowest BCUT2D eigenvalue weighted by Gasteiger charge is -2.03. The number of carbonyl (C=O) groups excluding carboxylic acids is 1. The van der Waals surface area contributed by atoms with Crippen molar-refractivity contribution in [3.8, 4) is 17.2 Å². The number of hydrogen-bond donors (Lipinski definition) is 2. The van der Waals surface area contributed by atoms with Gasteiger partial charge in [-0.25, -0.2) is 13.4 Å². The summed E-state index contributed by atoms with van der Waals surface area (Å²) in [5.41, 5.74) is 1.83. The summed E-state index contributed by atoms with van der Waals surface area (Å²) in [6.07, 6.45) is 1.08. The van der Waals surface area contributed by atoms with Crippen molar-refractivity contribution < 1.29 is 22.4 Å². The van der Waals surface area contributed by atoms with Crippen LogP contribution in [0.4, 0.5) is 10.8 Å². The zero-order valence-corrected chi connectivity index (χ0v) is 19.3. The molecule has 166 valence electrons. The minimum absolute atomic E-state index is 0.0676. The number of carbonyl (C=O) groups is 1. The quantitative estimate of drug-likeness (QED) is 0.355. The highest BCUT2D eigenvalue weighted by Crippen LogP contribution is 2.29. The van der Waals surface area contributed by atoms with E-state index in [1.807, 2.05) is 18.2 Å². The Kier molecular flexibility index (Phi) is 6.30. The van der Waals surface area contributed by atoms with E-state index in [2.05, 4.69) is 25.2 Å². The normalized spacial score (nSPS) is 11.4. The standard InChI is InChI=1S/C19H17N5O5S3/c1-28-13-7-8-14-15(9-13)31-18(20-14)21-16(25)10-30-19-23-22-17(29-19)11-3-5-12(6-4-11)24-32(2,26)27/h3-9,24H,10H2,1-2H3,(H,20,21,25). The fourth-order valence-electron chi connectivity index (χ4n) is 2.65. The molecule has 2 heterocycles. The van der Waals surface area contributed by atoms with Crippen LogP contribution < -0.4 is 14.8 Å². The number of thiazole rings is 1. The van der Waals surface area contributed by atoms with E-state index < -0.39 is 10.0 Å². The summed E-state index contributed by atoms with van der Waals surface area (Å²) in [6.45, 7) is 0. The molecule has 0 atom stereocenters. The molecule has 0 radical (unpaired) electrons. The minimum atomic E-state index is -3.35. The summed E-state index contributed by atoms with van der Waals surface area (Å²) in [5.74, 6) is 0.803. The first-order valence-electron chi connectivity index (χ1n) is 9.08. The third kappa shape index (κ3) is 5.55. The molecule has 0 aliphatic carbocycles. The number of hydrogen-bond acceptors (Lipinski definition) is 10. The maximum atomic E-state index is 12.3. The summed E-state index contributed by atoms with van der Waals surface area (Å²) in [6, 6.07) is 12.0. The fraction of sp³-hybridized carbons (Fsp3) is 0.158. The SMILES string of the molecule is COc1ccc2nc(NC(=O)CSc3nnc(-c4ccc(NS(C)(=O)=O)cc4)o3)sc2c1. The highest BCUT2D eigenvalue weighted by atomic mass is 32.2. The van der Waals surface area contributed by atoms with Crippen molar-refractivity contribution in [3.63, 3.8) is 0 Å². The van der Waals surface area contributed by atoms with Crippen molar-refractivity contribution >= 4 is 60.1 Å². The number of nitrogens with zero attached hydrogens (tertiary/aromatic N) is 3. The average molecular weight is 492 g/mol. The second-order valence-corrected chi connectivity index (χ2v) is 10.2. The van der Waals surface area contributed by atoms with Crippen molar-refractivity contribution in [2.75, 3.05) is 29.2 Å². The minimum Gasteiger partial charge on any atom is -0.497 e. The number of aromatic nitrogens is 3. The van der Waals surface area contributed by atoms with Gasteiger partial charge in [0, 0.05) is 11.3 Å². The van der Waals surface area contributed by atoms with Crippen LogP contribution >= 0.6 is 23.1 Å². The predicted molar refractivity (Wildman–Crippen MR) is 124 cm³/mol. The van der Waals surface area contributed by atoms with Gasteiger partial charge in [0.15, 0.2) is 5.13 Å². The topological polar surface area (TPSA) is 136 Å². The molecule has 2 aromatic carbocycles. The first kappa shape index (κ1) is 22.0. The molecule has 4 rings (SSSR count). The van der Waals surface area contributed by atoms with Crippen molar-refractivity contribution in [3.05, 3.63) is 42.5 Å². The second-order valence-electron chi connectivity index (χ2n) is 6.51. The number of anilines is 2. The number of thioether (sulfide) groups is 1. The molecule has 0 fully saturated rings. The van der Waals surface area contributed by atoms with Crippen LogP contribution in [0.2, 0.25) is 0 Å². The lowest BCUT2D eigenvalue weighted by molar-refractivity contribution is -0.113. The summed E-state index contributed by atoms with van der Waals surface area (Å²) >= 11 is 2.46. The Morgan fingerprint density at radius 3 is 2.69 bits per heavy atom.